The maximum Gasteiger partial charge on any atom is 0.143 e. The summed E-state index contributed by atoms with van der Waals surface area (Å²) < 4.78 is 16.9. The SMILES string of the molecule is CC(C)C1=CC=c2c(nc(-c3cccnc3)n2C(C)C)=C(F)C1. The van der Waals surface area contributed by atoms with Gasteiger partial charge < -0.3 is 4.57 Å². The Balaban J connectivity index is 2.32. The molecule has 0 radical (unpaired) electrons. The third-order valence-electron chi connectivity index (χ3n) is 4.20. The molecule has 0 aliphatic heterocycles. The third kappa shape index (κ3) is 2.85. The van der Waals surface area contributed by atoms with Crippen molar-refractivity contribution < 1.29 is 4.39 Å². The maximum absolute atomic E-state index is 14.8. The van der Waals surface area contributed by atoms with Gasteiger partial charge in [-0.05, 0) is 38.0 Å². The average Bonchev–Trinajstić information content (AvgIpc) is 2.84. The summed E-state index contributed by atoms with van der Waals surface area (Å²) in [5.41, 5.74) is 2.00. The van der Waals surface area contributed by atoms with Gasteiger partial charge in [-0.2, -0.15) is 0 Å². The van der Waals surface area contributed by atoms with Crippen LogP contribution in [0.4, 0.5) is 4.39 Å². The second kappa shape index (κ2) is 6.11. The highest BCUT2D eigenvalue weighted by Gasteiger charge is 2.18. The van der Waals surface area contributed by atoms with Crippen molar-refractivity contribution in [2.75, 3.05) is 0 Å². The molecule has 0 fully saturated rings. The normalized spacial score (nSPS) is 14.6. The van der Waals surface area contributed by atoms with Crippen molar-refractivity contribution in [3.63, 3.8) is 0 Å². The van der Waals surface area contributed by atoms with Crippen molar-refractivity contribution in [3.05, 3.63) is 46.9 Å². The van der Waals surface area contributed by atoms with Gasteiger partial charge in [-0.15, -0.1) is 0 Å². The fraction of sp³-hybridized carbons (Fsp3) is 0.368. The summed E-state index contributed by atoms with van der Waals surface area (Å²) in [5.74, 6) is 0.940. The Morgan fingerprint density at radius 3 is 2.57 bits per heavy atom. The fourth-order valence-corrected chi connectivity index (χ4v) is 2.93. The highest BCUT2D eigenvalue weighted by atomic mass is 19.1. The minimum atomic E-state index is -0.154. The molecule has 0 spiro atoms. The largest absolute Gasteiger partial charge is 0.321 e. The summed E-state index contributed by atoms with van der Waals surface area (Å²) in [4.78, 5) is 8.79. The van der Waals surface area contributed by atoms with Crippen molar-refractivity contribution in [1.82, 2.24) is 14.5 Å². The number of pyridine rings is 1. The molecular formula is C19H22FN3. The van der Waals surface area contributed by atoms with Crippen LogP contribution in [0.15, 0.2) is 36.2 Å². The van der Waals surface area contributed by atoms with E-state index < -0.39 is 0 Å². The van der Waals surface area contributed by atoms with Crippen LogP contribution in [0.1, 0.15) is 40.2 Å². The van der Waals surface area contributed by atoms with Gasteiger partial charge in [-0.3, -0.25) is 4.98 Å². The highest BCUT2D eigenvalue weighted by Crippen LogP contribution is 2.22. The Hall–Kier alpha value is -2.23. The number of aromatic nitrogens is 3. The molecule has 3 nitrogen and oxygen atoms in total. The summed E-state index contributed by atoms with van der Waals surface area (Å²) in [7, 11) is 0. The monoisotopic (exact) mass is 311 g/mol. The van der Waals surface area contributed by atoms with Gasteiger partial charge in [0, 0.05) is 30.4 Å². The first-order valence-corrected chi connectivity index (χ1v) is 8.07. The van der Waals surface area contributed by atoms with E-state index in [-0.39, 0.29) is 11.9 Å². The van der Waals surface area contributed by atoms with E-state index in [1.54, 1.807) is 12.4 Å². The lowest BCUT2D eigenvalue weighted by molar-refractivity contribution is 0.591. The van der Waals surface area contributed by atoms with Crippen molar-refractivity contribution in [2.24, 2.45) is 5.92 Å². The molecule has 0 bridgehead atoms. The average molecular weight is 311 g/mol. The topological polar surface area (TPSA) is 30.7 Å². The van der Waals surface area contributed by atoms with Crippen LogP contribution >= 0.6 is 0 Å². The lowest BCUT2D eigenvalue weighted by Crippen LogP contribution is -2.31. The van der Waals surface area contributed by atoms with Crippen molar-refractivity contribution in [2.45, 2.75) is 40.2 Å². The number of imidazole rings is 1. The Morgan fingerprint density at radius 2 is 1.96 bits per heavy atom. The zero-order valence-electron chi connectivity index (χ0n) is 14.0. The van der Waals surface area contributed by atoms with Crippen LogP contribution in [0.2, 0.25) is 0 Å². The molecule has 1 aliphatic carbocycles. The lowest BCUT2D eigenvalue weighted by atomic mass is 10.00. The third-order valence-corrected chi connectivity index (χ3v) is 4.20. The smallest absolute Gasteiger partial charge is 0.143 e. The molecule has 0 saturated heterocycles. The molecule has 23 heavy (non-hydrogen) atoms. The Morgan fingerprint density at radius 1 is 1.17 bits per heavy atom. The standard InChI is InChI=1S/C19H22FN3/c1-12(2)14-7-8-17-18(16(20)10-14)22-19(23(17)13(3)4)15-6-5-9-21-11-15/h5-9,11-13H,10H2,1-4H3. The number of fused-ring (bicyclic) bond motifs is 1. The van der Waals surface area contributed by atoms with E-state index in [0.717, 1.165) is 22.3 Å². The minimum absolute atomic E-state index is 0.154. The molecular weight excluding hydrogens is 289 g/mol. The molecule has 2 aromatic heterocycles. The zero-order valence-corrected chi connectivity index (χ0v) is 14.0. The van der Waals surface area contributed by atoms with E-state index in [0.29, 0.717) is 17.7 Å². The molecule has 0 amide bonds. The summed E-state index contributed by atoms with van der Waals surface area (Å²) >= 11 is 0. The lowest BCUT2D eigenvalue weighted by Gasteiger charge is -2.12. The summed E-state index contributed by atoms with van der Waals surface area (Å²) in [6, 6.07) is 4.01. The summed E-state index contributed by atoms with van der Waals surface area (Å²) in [5, 5.41) is 1.30. The quantitative estimate of drug-likeness (QED) is 0.870. The second-order valence-corrected chi connectivity index (χ2v) is 6.52. The molecule has 0 aromatic carbocycles. The van der Waals surface area contributed by atoms with Crippen LogP contribution in [0.25, 0.3) is 23.3 Å². The second-order valence-electron chi connectivity index (χ2n) is 6.52. The van der Waals surface area contributed by atoms with Crippen molar-refractivity contribution in [3.8, 4) is 11.4 Å². The van der Waals surface area contributed by atoms with Gasteiger partial charge in [-0.1, -0.05) is 25.5 Å². The van der Waals surface area contributed by atoms with Crippen LogP contribution in [0, 0.1) is 5.92 Å². The van der Waals surface area contributed by atoms with Crippen molar-refractivity contribution >= 4 is 11.9 Å². The van der Waals surface area contributed by atoms with Crippen molar-refractivity contribution in [1.29, 1.82) is 0 Å². The van der Waals surface area contributed by atoms with Crippen LogP contribution in [0.3, 0.4) is 0 Å². The molecule has 120 valence electrons. The fourth-order valence-electron chi connectivity index (χ4n) is 2.93. The van der Waals surface area contributed by atoms with Gasteiger partial charge in [0.15, 0.2) is 0 Å². The molecule has 0 unspecified atom stereocenters. The Kier molecular flexibility index (Phi) is 4.16. The predicted octanol–water partition coefficient (Wildman–Crippen LogP) is 3.37. The molecule has 2 heterocycles. The van der Waals surface area contributed by atoms with E-state index in [1.165, 1.54) is 0 Å². The maximum atomic E-state index is 14.8. The van der Waals surface area contributed by atoms with Crippen LogP contribution in [0.5, 0.6) is 0 Å². The van der Waals surface area contributed by atoms with Gasteiger partial charge in [-0.25, -0.2) is 9.37 Å². The molecule has 1 aliphatic rings. The minimum Gasteiger partial charge on any atom is -0.321 e. The Labute approximate surface area is 135 Å². The first kappa shape index (κ1) is 15.7. The number of rotatable bonds is 3. The number of hydrogen-bond acceptors (Lipinski definition) is 2. The molecule has 0 saturated carbocycles. The van der Waals surface area contributed by atoms with Crippen LogP contribution in [-0.4, -0.2) is 14.5 Å². The van der Waals surface area contributed by atoms with E-state index in [1.807, 2.05) is 24.3 Å². The van der Waals surface area contributed by atoms with E-state index >= 15 is 0 Å². The summed E-state index contributed by atoms with van der Waals surface area (Å²) in [6.45, 7) is 8.36. The number of allylic oxidation sites excluding steroid dienone is 2. The molecule has 4 heteroatoms. The van der Waals surface area contributed by atoms with E-state index in [9.17, 15) is 4.39 Å². The first-order chi connectivity index (χ1) is 11.0. The molecule has 3 rings (SSSR count). The molecule has 0 atom stereocenters. The van der Waals surface area contributed by atoms with Gasteiger partial charge in [0.2, 0.25) is 0 Å². The van der Waals surface area contributed by atoms with Gasteiger partial charge >= 0.3 is 0 Å². The predicted molar refractivity (Wildman–Crippen MR) is 91.6 cm³/mol. The van der Waals surface area contributed by atoms with Crippen LogP contribution in [-0.2, 0) is 0 Å². The summed E-state index contributed by atoms with van der Waals surface area (Å²) in [6.07, 6.45) is 7.89. The van der Waals surface area contributed by atoms with E-state index in [4.69, 9.17) is 0 Å². The highest BCUT2D eigenvalue weighted by molar-refractivity contribution is 5.58. The number of nitrogens with zero attached hydrogens (tertiary/aromatic N) is 3. The van der Waals surface area contributed by atoms with Gasteiger partial charge in [0.25, 0.3) is 0 Å². The van der Waals surface area contributed by atoms with Gasteiger partial charge in [0.1, 0.15) is 17.0 Å². The zero-order chi connectivity index (χ0) is 16.6. The molecule has 0 N–H and O–H groups in total. The van der Waals surface area contributed by atoms with Gasteiger partial charge in [0.05, 0.1) is 5.35 Å². The van der Waals surface area contributed by atoms with E-state index in [2.05, 4.69) is 42.2 Å². The number of hydrogen-bond donors (Lipinski definition) is 0. The Bertz CT molecular complexity index is 858. The first-order valence-electron chi connectivity index (χ1n) is 8.07. The van der Waals surface area contributed by atoms with Crippen LogP contribution < -0.4 is 10.7 Å². The number of halogens is 1. The molecule has 2 aromatic rings.